The van der Waals surface area contributed by atoms with E-state index in [0.29, 0.717) is 19.5 Å². The first-order valence-corrected chi connectivity index (χ1v) is 7.27. The molecular weight excluding hydrogens is 312 g/mol. The molecule has 1 aromatic rings. The topological polar surface area (TPSA) is 61.6 Å². The third-order valence-electron chi connectivity index (χ3n) is 3.30. The molecule has 0 spiro atoms. The molecule has 6 nitrogen and oxygen atoms in total. The van der Waals surface area contributed by atoms with Gasteiger partial charge in [0.05, 0.1) is 17.3 Å². The van der Waals surface area contributed by atoms with Gasteiger partial charge in [-0.3, -0.25) is 14.4 Å². The third kappa shape index (κ3) is 4.29. The molecule has 1 N–H and O–H groups in total. The van der Waals surface area contributed by atoms with Gasteiger partial charge in [0, 0.05) is 51.9 Å². The van der Waals surface area contributed by atoms with Gasteiger partial charge in [-0.05, 0) is 15.9 Å². The highest BCUT2D eigenvalue weighted by atomic mass is 79.9. The number of aliphatic hydroxyl groups excluding tert-OH is 1. The normalized spacial score (nSPS) is 16.8. The van der Waals surface area contributed by atoms with Gasteiger partial charge in [-0.1, -0.05) is 0 Å². The Labute approximate surface area is 121 Å². The summed E-state index contributed by atoms with van der Waals surface area (Å²) in [7, 11) is 0. The summed E-state index contributed by atoms with van der Waals surface area (Å²) in [4.78, 5) is 16.1. The molecule has 0 bridgehead atoms. The van der Waals surface area contributed by atoms with Crippen molar-refractivity contribution < 1.29 is 9.90 Å². The third-order valence-corrected chi connectivity index (χ3v) is 3.71. The van der Waals surface area contributed by atoms with Crippen molar-refractivity contribution in [1.29, 1.82) is 0 Å². The van der Waals surface area contributed by atoms with Gasteiger partial charge in [0.2, 0.25) is 5.91 Å². The number of piperazine rings is 1. The van der Waals surface area contributed by atoms with Gasteiger partial charge in [0.15, 0.2) is 0 Å². The minimum absolute atomic E-state index is 0.176. The Kier molecular flexibility index (Phi) is 5.35. The van der Waals surface area contributed by atoms with Crippen molar-refractivity contribution in [2.75, 3.05) is 39.3 Å². The summed E-state index contributed by atoms with van der Waals surface area (Å²) in [6.07, 6.45) is 4.07. The number of nitrogens with zero attached hydrogens (tertiary/aromatic N) is 4. The smallest absolute Gasteiger partial charge is 0.224 e. The van der Waals surface area contributed by atoms with Gasteiger partial charge < -0.3 is 10.0 Å². The second-order valence-electron chi connectivity index (χ2n) is 4.62. The maximum Gasteiger partial charge on any atom is 0.224 e. The van der Waals surface area contributed by atoms with E-state index in [1.165, 1.54) is 0 Å². The van der Waals surface area contributed by atoms with Crippen LogP contribution in [0.2, 0.25) is 0 Å². The number of hydrogen-bond donors (Lipinski definition) is 1. The molecule has 1 fully saturated rings. The van der Waals surface area contributed by atoms with Crippen LogP contribution in [0.5, 0.6) is 0 Å². The fourth-order valence-corrected chi connectivity index (χ4v) is 2.52. The van der Waals surface area contributed by atoms with E-state index >= 15 is 0 Å². The molecule has 7 heteroatoms. The second kappa shape index (κ2) is 7.02. The number of hydrogen-bond acceptors (Lipinski definition) is 4. The molecule has 0 aliphatic carbocycles. The number of carbonyl (C=O) groups excluding carboxylic acids is 1. The molecular formula is C12H19BrN4O2. The molecule has 2 rings (SSSR count). The Morgan fingerprint density at radius 2 is 2.05 bits per heavy atom. The quantitative estimate of drug-likeness (QED) is 0.836. The van der Waals surface area contributed by atoms with Gasteiger partial charge in [-0.25, -0.2) is 0 Å². The predicted molar refractivity (Wildman–Crippen MR) is 74.6 cm³/mol. The minimum atomic E-state index is 0.176. The molecule has 0 radical (unpaired) electrons. The van der Waals surface area contributed by atoms with Crippen LogP contribution in [0.3, 0.4) is 0 Å². The zero-order valence-corrected chi connectivity index (χ0v) is 12.4. The summed E-state index contributed by atoms with van der Waals surface area (Å²) in [5, 5.41) is 13.0. The summed E-state index contributed by atoms with van der Waals surface area (Å²) in [6.45, 7) is 4.69. The molecule has 0 aromatic carbocycles. The van der Waals surface area contributed by atoms with Crippen molar-refractivity contribution >= 4 is 21.8 Å². The monoisotopic (exact) mass is 330 g/mol. The van der Waals surface area contributed by atoms with Crippen molar-refractivity contribution in [3.8, 4) is 0 Å². The van der Waals surface area contributed by atoms with Gasteiger partial charge in [-0.15, -0.1) is 0 Å². The lowest BCUT2D eigenvalue weighted by atomic mass is 10.2. The van der Waals surface area contributed by atoms with Gasteiger partial charge >= 0.3 is 0 Å². The molecule has 2 heterocycles. The van der Waals surface area contributed by atoms with Crippen molar-refractivity contribution in [1.82, 2.24) is 19.6 Å². The highest BCUT2D eigenvalue weighted by Gasteiger charge is 2.20. The highest BCUT2D eigenvalue weighted by Crippen LogP contribution is 2.08. The van der Waals surface area contributed by atoms with E-state index < -0.39 is 0 Å². The number of aliphatic hydroxyl groups is 1. The van der Waals surface area contributed by atoms with E-state index in [4.69, 9.17) is 5.11 Å². The molecule has 1 aromatic heterocycles. The van der Waals surface area contributed by atoms with Crippen LogP contribution in [0.15, 0.2) is 16.9 Å². The second-order valence-corrected chi connectivity index (χ2v) is 5.53. The Morgan fingerprint density at radius 1 is 1.32 bits per heavy atom. The van der Waals surface area contributed by atoms with Crippen molar-refractivity contribution in [3.63, 3.8) is 0 Å². The summed E-state index contributed by atoms with van der Waals surface area (Å²) in [5.74, 6) is 0.176. The van der Waals surface area contributed by atoms with Crippen LogP contribution < -0.4 is 0 Å². The SMILES string of the molecule is O=C(CCn1cc(Br)cn1)N1CCN(CCO)CC1. The van der Waals surface area contributed by atoms with Crippen molar-refractivity contribution in [3.05, 3.63) is 16.9 Å². The lowest BCUT2D eigenvalue weighted by Crippen LogP contribution is -2.49. The van der Waals surface area contributed by atoms with Crippen LogP contribution >= 0.6 is 15.9 Å². The summed E-state index contributed by atoms with van der Waals surface area (Å²) < 4.78 is 2.70. The van der Waals surface area contributed by atoms with E-state index in [-0.39, 0.29) is 12.5 Å². The molecule has 19 heavy (non-hydrogen) atoms. The number of aromatic nitrogens is 2. The van der Waals surface area contributed by atoms with Crippen LogP contribution in [0.4, 0.5) is 0 Å². The number of aryl methyl sites for hydroxylation is 1. The Balaban J connectivity index is 1.72. The number of β-amino-alcohol motifs (C(OH)–C–C–N with tert-alkyl or cyclic N) is 1. The number of amides is 1. The van der Waals surface area contributed by atoms with Crippen LogP contribution in [0.25, 0.3) is 0 Å². The lowest BCUT2D eigenvalue weighted by Gasteiger charge is -2.34. The Morgan fingerprint density at radius 3 is 2.63 bits per heavy atom. The average molecular weight is 331 g/mol. The van der Waals surface area contributed by atoms with Crippen molar-refractivity contribution in [2.45, 2.75) is 13.0 Å². The van der Waals surface area contributed by atoms with E-state index in [0.717, 1.165) is 30.7 Å². The van der Waals surface area contributed by atoms with E-state index in [9.17, 15) is 4.79 Å². The van der Waals surface area contributed by atoms with E-state index in [1.807, 2.05) is 11.1 Å². The molecule has 1 saturated heterocycles. The molecule has 106 valence electrons. The zero-order valence-electron chi connectivity index (χ0n) is 10.8. The molecule has 1 aliphatic rings. The molecule has 0 atom stereocenters. The summed E-state index contributed by atoms with van der Waals surface area (Å²) >= 11 is 3.33. The van der Waals surface area contributed by atoms with Gasteiger partial charge in [0.1, 0.15) is 0 Å². The first-order chi connectivity index (χ1) is 9.19. The van der Waals surface area contributed by atoms with Gasteiger partial charge in [-0.2, -0.15) is 5.10 Å². The van der Waals surface area contributed by atoms with Crippen LogP contribution in [0.1, 0.15) is 6.42 Å². The number of halogens is 1. The number of rotatable bonds is 5. The first kappa shape index (κ1) is 14.5. The molecule has 0 saturated carbocycles. The maximum absolute atomic E-state index is 12.0. The van der Waals surface area contributed by atoms with Crippen LogP contribution in [-0.2, 0) is 11.3 Å². The number of carbonyl (C=O) groups is 1. The van der Waals surface area contributed by atoms with E-state index in [2.05, 4.69) is 25.9 Å². The predicted octanol–water partition coefficient (Wildman–Crippen LogP) is 0.172. The summed E-state index contributed by atoms with van der Waals surface area (Å²) in [5.41, 5.74) is 0. The van der Waals surface area contributed by atoms with E-state index in [1.54, 1.807) is 10.9 Å². The average Bonchev–Trinajstić information content (AvgIpc) is 2.83. The zero-order chi connectivity index (χ0) is 13.7. The molecule has 1 amide bonds. The summed E-state index contributed by atoms with van der Waals surface area (Å²) in [6, 6.07) is 0. The van der Waals surface area contributed by atoms with Crippen molar-refractivity contribution in [2.24, 2.45) is 0 Å². The van der Waals surface area contributed by atoms with Crippen LogP contribution in [0, 0.1) is 0 Å². The maximum atomic E-state index is 12.0. The van der Waals surface area contributed by atoms with Crippen LogP contribution in [-0.4, -0.2) is 69.9 Å². The first-order valence-electron chi connectivity index (χ1n) is 6.48. The fraction of sp³-hybridized carbons (Fsp3) is 0.667. The lowest BCUT2D eigenvalue weighted by molar-refractivity contribution is -0.133. The Hall–Kier alpha value is -0.920. The molecule has 0 unspecified atom stereocenters. The molecule has 1 aliphatic heterocycles. The fourth-order valence-electron chi connectivity index (χ4n) is 2.19. The minimum Gasteiger partial charge on any atom is -0.395 e. The van der Waals surface area contributed by atoms with Gasteiger partial charge in [0.25, 0.3) is 0 Å². The largest absolute Gasteiger partial charge is 0.395 e. The Bertz CT molecular complexity index is 416. The standard InChI is InChI=1S/C12H19BrN4O2/c13-11-9-14-17(10-11)2-1-12(19)16-5-3-15(4-6-16)7-8-18/h9-10,18H,1-8H2. The highest BCUT2D eigenvalue weighted by molar-refractivity contribution is 9.10.